The quantitative estimate of drug-likeness (QED) is 0.812. The van der Waals surface area contributed by atoms with E-state index in [1.165, 1.54) is 6.33 Å². The molecule has 2 rings (SSSR count). The number of rotatable bonds is 5. The third-order valence-electron chi connectivity index (χ3n) is 2.76. The molecule has 0 aliphatic carbocycles. The molecule has 0 spiro atoms. The molecule has 0 bridgehead atoms. The van der Waals surface area contributed by atoms with Gasteiger partial charge in [0.25, 0.3) is 0 Å². The highest BCUT2D eigenvalue weighted by atomic mass is 35.5. The van der Waals surface area contributed by atoms with Gasteiger partial charge in [0.2, 0.25) is 0 Å². The van der Waals surface area contributed by atoms with Crippen LogP contribution in [0, 0.1) is 0 Å². The van der Waals surface area contributed by atoms with Crippen LogP contribution in [0.4, 0.5) is 0 Å². The summed E-state index contributed by atoms with van der Waals surface area (Å²) < 4.78 is 10.8. The molecule has 1 unspecified atom stereocenters. The second-order valence-electron chi connectivity index (χ2n) is 4.27. The molecule has 2 heterocycles. The first-order valence-electron chi connectivity index (χ1n) is 6.01. The number of nitrogens with two attached hydrogens (primary N) is 1. The Morgan fingerprint density at radius 2 is 1.95 bits per heavy atom. The van der Waals surface area contributed by atoms with Crippen molar-refractivity contribution in [2.45, 2.75) is 6.04 Å². The van der Waals surface area contributed by atoms with Gasteiger partial charge >= 0.3 is 0 Å². The van der Waals surface area contributed by atoms with E-state index in [4.69, 9.17) is 38.4 Å². The maximum atomic E-state index is 6.02. The Morgan fingerprint density at radius 3 is 2.58 bits per heavy atom. The third kappa shape index (κ3) is 4.43. The van der Waals surface area contributed by atoms with Gasteiger partial charge in [-0.25, -0.2) is 9.97 Å². The van der Waals surface area contributed by atoms with Crippen LogP contribution in [0.3, 0.4) is 0 Å². The van der Waals surface area contributed by atoms with Crippen molar-refractivity contribution < 1.29 is 9.47 Å². The van der Waals surface area contributed by atoms with E-state index in [9.17, 15) is 0 Å². The van der Waals surface area contributed by atoms with Gasteiger partial charge in [0, 0.05) is 19.6 Å². The molecular weight excluding hydrogens is 291 g/mol. The molecule has 1 saturated heterocycles. The van der Waals surface area contributed by atoms with Crippen molar-refractivity contribution in [3.05, 3.63) is 16.6 Å². The lowest BCUT2D eigenvalue weighted by atomic mass is 10.3. The zero-order valence-electron chi connectivity index (χ0n) is 10.4. The lowest BCUT2D eigenvalue weighted by Crippen LogP contribution is -2.45. The van der Waals surface area contributed by atoms with Gasteiger partial charge < -0.3 is 15.2 Å². The first-order valence-corrected chi connectivity index (χ1v) is 6.77. The lowest BCUT2D eigenvalue weighted by Gasteiger charge is -2.28. The predicted octanol–water partition coefficient (Wildman–Crippen LogP) is 0.822. The second kappa shape index (κ2) is 7.21. The summed E-state index contributed by atoms with van der Waals surface area (Å²) in [7, 11) is 0. The lowest BCUT2D eigenvalue weighted by molar-refractivity contribution is 0.0330. The fraction of sp³-hybridized carbons (Fsp3) is 0.636. The van der Waals surface area contributed by atoms with Crippen molar-refractivity contribution >= 4 is 23.2 Å². The topological polar surface area (TPSA) is 73.5 Å². The first-order chi connectivity index (χ1) is 9.16. The number of hydrogen-bond donors (Lipinski definition) is 1. The molecule has 2 N–H and O–H groups in total. The largest absolute Gasteiger partial charge is 0.486 e. The molecule has 1 atom stereocenters. The molecule has 1 fully saturated rings. The maximum absolute atomic E-state index is 6.02. The minimum Gasteiger partial charge on any atom is -0.486 e. The molecule has 1 aliphatic rings. The Labute approximate surface area is 121 Å². The highest BCUT2D eigenvalue weighted by molar-refractivity contribution is 6.35. The summed E-state index contributed by atoms with van der Waals surface area (Å²) in [5.41, 5.74) is 6.02. The van der Waals surface area contributed by atoms with Crippen LogP contribution >= 0.6 is 23.2 Å². The molecule has 8 heteroatoms. The highest BCUT2D eigenvalue weighted by Crippen LogP contribution is 2.28. The van der Waals surface area contributed by atoms with E-state index >= 15 is 0 Å². The summed E-state index contributed by atoms with van der Waals surface area (Å²) in [6.45, 7) is 4.33. The van der Waals surface area contributed by atoms with E-state index in [1.807, 2.05) is 0 Å². The van der Waals surface area contributed by atoms with Gasteiger partial charge in [-0.1, -0.05) is 23.2 Å². The molecule has 0 amide bonds. The van der Waals surface area contributed by atoms with Crippen molar-refractivity contribution in [3.8, 4) is 5.75 Å². The van der Waals surface area contributed by atoms with Crippen LogP contribution in [-0.4, -0.2) is 60.4 Å². The summed E-state index contributed by atoms with van der Waals surface area (Å²) in [4.78, 5) is 9.86. The number of morpholine rings is 1. The summed E-state index contributed by atoms with van der Waals surface area (Å²) in [5, 5.41) is 0.386. The zero-order chi connectivity index (χ0) is 13.7. The minimum absolute atomic E-state index is 0.134. The van der Waals surface area contributed by atoms with Crippen LogP contribution in [-0.2, 0) is 4.74 Å². The van der Waals surface area contributed by atoms with Gasteiger partial charge in [-0.3, -0.25) is 4.90 Å². The van der Waals surface area contributed by atoms with Crippen LogP contribution in [0.15, 0.2) is 6.33 Å². The molecule has 19 heavy (non-hydrogen) atoms. The van der Waals surface area contributed by atoms with E-state index in [1.54, 1.807) is 0 Å². The van der Waals surface area contributed by atoms with E-state index in [0.29, 0.717) is 6.61 Å². The Kier molecular flexibility index (Phi) is 5.59. The molecule has 0 aromatic carbocycles. The van der Waals surface area contributed by atoms with Gasteiger partial charge in [-0.05, 0) is 0 Å². The average molecular weight is 307 g/mol. The van der Waals surface area contributed by atoms with E-state index in [0.717, 1.165) is 32.8 Å². The van der Waals surface area contributed by atoms with Crippen molar-refractivity contribution in [1.29, 1.82) is 0 Å². The molecule has 1 aromatic rings. The normalized spacial score (nSPS) is 18.3. The molecule has 106 valence electrons. The Morgan fingerprint density at radius 1 is 1.32 bits per heavy atom. The van der Waals surface area contributed by atoms with E-state index in [2.05, 4.69) is 14.9 Å². The Bertz CT molecular complexity index is 395. The fourth-order valence-electron chi connectivity index (χ4n) is 1.81. The van der Waals surface area contributed by atoms with E-state index in [-0.39, 0.29) is 22.1 Å². The minimum atomic E-state index is -0.134. The molecule has 1 aliphatic heterocycles. The SMILES string of the molecule is NC(COc1c(Cl)ncnc1Cl)CN1CCOCC1. The molecule has 0 radical (unpaired) electrons. The third-order valence-corrected chi connectivity index (χ3v) is 3.29. The Balaban J connectivity index is 1.81. The standard InChI is InChI=1S/C11H16Cl2N4O2/c12-10-9(11(13)16-7-15-10)19-6-8(14)5-17-1-3-18-4-2-17/h7-8H,1-6,14H2. The van der Waals surface area contributed by atoms with Crippen molar-refractivity contribution in [3.63, 3.8) is 0 Å². The number of nitrogens with zero attached hydrogens (tertiary/aromatic N) is 3. The summed E-state index contributed by atoms with van der Waals surface area (Å²) >= 11 is 11.8. The highest BCUT2D eigenvalue weighted by Gasteiger charge is 2.16. The number of ether oxygens (including phenoxy) is 2. The molecule has 6 nitrogen and oxygen atoms in total. The van der Waals surface area contributed by atoms with Crippen molar-refractivity contribution in [1.82, 2.24) is 14.9 Å². The van der Waals surface area contributed by atoms with Crippen LogP contribution in [0.5, 0.6) is 5.75 Å². The summed E-state index contributed by atoms with van der Waals surface area (Å²) in [6, 6.07) is -0.134. The van der Waals surface area contributed by atoms with Crippen LogP contribution in [0.1, 0.15) is 0 Å². The van der Waals surface area contributed by atoms with E-state index < -0.39 is 0 Å². The predicted molar refractivity (Wildman–Crippen MR) is 72.8 cm³/mol. The number of aromatic nitrogens is 2. The maximum Gasteiger partial charge on any atom is 0.194 e. The monoisotopic (exact) mass is 306 g/mol. The number of halogens is 2. The average Bonchev–Trinajstić information content (AvgIpc) is 2.39. The first kappa shape index (κ1) is 14.7. The second-order valence-corrected chi connectivity index (χ2v) is 4.98. The van der Waals surface area contributed by atoms with Crippen LogP contribution in [0.25, 0.3) is 0 Å². The van der Waals surface area contributed by atoms with Gasteiger partial charge in [-0.2, -0.15) is 0 Å². The van der Waals surface area contributed by atoms with Gasteiger partial charge in [0.05, 0.1) is 19.3 Å². The molecule has 1 aromatic heterocycles. The van der Waals surface area contributed by atoms with Crippen molar-refractivity contribution in [2.24, 2.45) is 5.73 Å². The zero-order valence-corrected chi connectivity index (χ0v) is 11.9. The van der Waals surface area contributed by atoms with Crippen LogP contribution < -0.4 is 10.5 Å². The molecular formula is C11H16Cl2N4O2. The van der Waals surface area contributed by atoms with Gasteiger partial charge in [0.1, 0.15) is 12.9 Å². The van der Waals surface area contributed by atoms with Gasteiger partial charge in [0.15, 0.2) is 16.1 Å². The van der Waals surface area contributed by atoms with Crippen LogP contribution in [0.2, 0.25) is 10.3 Å². The Hall–Kier alpha value is -0.660. The smallest absolute Gasteiger partial charge is 0.194 e. The fourth-order valence-corrected chi connectivity index (χ4v) is 2.23. The molecule has 0 saturated carbocycles. The summed E-state index contributed by atoms with van der Waals surface area (Å²) in [5.74, 6) is 0.281. The summed E-state index contributed by atoms with van der Waals surface area (Å²) in [6.07, 6.45) is 1.28. The number of hydrogen-bond acceptors (Lipinski definition) is 6. The van der Waals surface area contributed by atoms with Gasteiger partial charge in [-0.15, -0.1) is 0 Å². The van der Waals surface area contributed by atoms with Crippen molar-refractivity contribution in [2.75, 3.05) is 39.5 Å².